The highest BCUT2D eigenvalue weighted by Gasteiger charge is 2.27. The van der Waals surface area contributed by atoms with Gasteiger partial charge in [0, 0.05) is 18.8 Å². The largest absolute Gasteiger partial charge is 0.322 e. The maximum Gasteiger partial charge on any atom is 0.257 e. The summed E-state index contributed by atoms with van der Waals surface area (Å²) < 4.78 is 27.1. The first kappa shape index (κ1) is 18.9. The molecule has 0 aromatic heterocycles. The van der Waals surface area contributed by atoms with Crippen LogP contribution in [-0.4, -0.2) is 31.7 Å². The second-order valence-electron chi connectivity index (χ2n) is 6.43. The first-order valence-corrected chi connectivity index (χ1v) is 10.4. The van der Waals surface area contributed by atoms with Gasteiger partial charge in [-0.05, 0) is 50.1 Å². The Bertz CT molecular complexity index is 905. The van der Waals surface area contributed by atoms with E-state index in [0.29, 0.717) is 18.8 Å². The van der Waals surface area contributed by atoms with Crippen LogP contribution in [0.15, 0.2) is 47.4 Å². The normalized spacial score (nSPS) is 15.6. The molecule has 26 heavy (non-hydrogen) atoms. The van der Waals surface area contributed by atoms with E-state index in [9.17, 15) is 13.2 Å². The zero-order valence-electron chi connectivity index (χ0n) is 14.5. The molecule has 0 spiro atoms. The summed E-state index contributed by atoms with van der Waals surface area (Å²) in [5, 5.41) is 2.97. The molecular formula is C19H21ClN2O3S. The lowest BCUT2D eigenvalue weighted by molar-refractivity contribution is 0.102. The molecule has 138 valence electrons. The molecule has 0 saturated carbocycles. The molecule has 5 nitrogen and oxygen atoms in total. The number of aryl methyl sites for hydroxylation is 1. The molecule has 1 aliphatic heterocycles. The van der Waals surface area contributed by atoms with Crippen LogP contribution in [0.2, 0.25) is 5.02 Å². The standard InChI is InChI=1S/C19H21ClN2O3S/c1-14-5-7-15(8-6-14)21-19(23)17-13-16(9-10-18(17)20)26(24,25)22-11-3-2-4-12-22/h5-10,13H,2-4,11-12H2,1H3,(H,21,23). The number of hydrogen-bond donors (Lipinski definition) is 1. The minimum atomic E-state index is -3.62. The predicted molar refractivity (Wildman–Crippen MR) is 103 cm³/mol. The smallest absolute Gasteiger partial charge is 0.257 e. The second-order valence-corrected chi connectivity index (χ2v) is 8.77. The third-order valence-electron chi connectivity index (χ3n) is 4.44. The van der Waals surface area contributed by atoms with Crippen molar-refractivity contribution in [1.82, 2.24) is 4.31 Å². The Balaban J connectivity index is 1.87. The Morgan fingerprint density at radius 3 is 2.35 bits per heavy atom. The number of hydrogen-bond acceptors (Lipinski definition) is 3. The molecule has 0 atom stereocenters. The number of sulfonamides is 1. The molecule has 1 fully saturated rings. The first-order chi connectivity index (χ1) is 12.4. The number of halogens is 1. The summed E-state index contributed by atoms with van der Waals surface area (Å²) in [6.45, 7) is 2.98. The van der Waals surface area contributed by atoms with Gasteiger partial charge in [0.15, 0.2) is 0 Å². The quantitative estimate of drug-likeness (QED) is 0.852. The van der Waals surface area contributed by atoms with Crippen molar-refractivity contribution in [3.8, 4) is 0 Å². The summed E-state index contributed by atoms with van der Waals surface area (Å²) >= 11 is 6.15. The van der Waals surface area contributed by atoms with Gasteiger partial charge in [0.25, 0.3) is 5.91 Å². The summed E-state index contributed by atoms with van der Waals surface area (Å²) in [5.74, 6) is -0.436. The van der Waals surface area contributed by atoms with E-state index in [1.54, 1.807) is 12.1 Å². The maximum atomic E-state index is 12.8. The predicted octanol–water partition coefficient (Wildman–Crippen LogP) is 4.08. The van der Waals surface area contributed by atoms with Crippen molar-refractivity contribution >= 4 is 33.2 Å². The SMILES string of the molecule is Cc1ccc(NC(=O)c2cc(S(=O)(=O)N3CCCCC3)ccc2Cl)cc1. The topological polar surface area (TPSA) is 66.5 Å². The molecule has 1 amide bonds. The van der Waals surface area contributed by atoms with E-state index in [1.807, 2.05) is 19.1 Å². The van der Waals surface area contributed by atoms with E-state index in [0.717, 1.165) is 24.8 Å². The van der Waals surface area contributed by atoms with Crippen LogP contribution < -0.4 is 5.32 Å². The Morgan fingerprint density at radius 1 is 1.04 bits per heavy atom. The highest BCUT2D eigenvalue weighted by atomic mass is 35.5. The van der Waals surface area contributed by atoms with Crippen molar-refractivity contribution in [1.29, 1.82) is 0 Å². The van der Waals surface area contributed by atoms with Gasteiger partial charge in [0.1, 0.15) is 0 Å². The Morgan fingerprint density at radius 2 is 1.69 bits per heavy atom. The number of carbonyl (C=O) groups excluding carboxylic acids is 1. The first-order valence-electron chi connectivity index (χ1n) is 8.55. The van der Waals surface area contributed by atoms with Crippen LogP contribution in [0, 0.1) is 6.92 Å². The van der Waals surface area contributed by atoms with Gasteiger partial charge in [-0.15, -0.1) is 0 Å². The van der Waals surface area contributed by atoms with Gasteiger partial charge < -0.3 is 5.32 Å². The lowest BCUT2D eigenvalue weighted by Crippen LogP contribution is -2.35. The van der Waals surface area contributed by atoms with Crippen LogP contribution in [0.3, 0.4) is 0 Å². The molecule has 7 heteroatoms. The van der Waals surface area contributed by atoms with Crippen LogP contribution in [0.25, 0.3) is 0 Å². The van der Waals surface area contributed by atoms with Gasteiger partial charge in [-0.25, -0.2) is 8.42 Å². The van der Waals surface area contributed by atoms with E-state index in [1.165, 1.54) is 22.5 Å². The minimum Gasteiger partial charge on any atom is -0.322 e. The number of nitrogens with one attached hydrogen (secondary N) is 1. The van der Waals surface area contributed by atoms with Crippen LogP contribution >= 0.6 is 11.6 Å². The summed E-state index contributed by atoms with van der Waals surface area (Å²) in [4.78, 5) is 12.7. The van der Waals surface area contributed by atoms with Crippen LogP contribution in [-0.2, 0) is 10.0 Å². The number of rotatable bonds is 4. The summed E-state index contributed by atoms with van der Waals surface area (Å²) in [5.41, 5.74) is 1.85. The van der Waals surface area contributed by atoms with Crippen molar-refractivity contribution in [3.63, 3.8) is 0 Å². The molecule has 0 aliphatic carbocycles. The number of piperidine rings is 1. The van der Waals surface area contributed by atoms with E-state index < -0.39 is 15.9 Å². The van der Waals surface area contributed by atoms with Gasteiger partial charge in [-0.3, -0.25) is 4.79 Å². The Kier molecular flexibility index (Phi) is 5.65. The van der Waals surface area contributed by atoms with Crippen LogP contribution in [0.4, 0.5) is 5.69 Å². The summed E-state index contributed by atoms with van der Waals surface area (Å²) in [7, 11) is -3.62. The Hall–Kier alpha value is -1.89. The molecule has 2 aromatic carbocycles. The van der Waals surface area contributed by atoms with Crippen molar-refractivity contribution in [3.05, 3.63) is 58.6 Å². The fourth-order valence-corrected chi connectivity index (χ4v) is 4.68. The molecule has 2 aromatic rings. The monoisotopic (exact) mass is 392 g/mol. The van der Waals surface area contributed by atoms with Crippen molar-refractivity contribution in [2.75, 3.05) is 18.4 Å². The minimum absolute atomic E-state index is 0.0952. The van der Waals surface area contributed by atoms with Gasteiger partial charge in [0.2, 0.25) is 10.0 Å². The highest BCUT2D eigenvalue weighted by Crippen LogP contribution is 2.26. The van der Waals surface area contributed by atoms with Gasteiger partial charge >= 0.3 is 0 Å². The molecule has 1 saturated heterocycles. The van der Waals surface area contributed by atoms with Crippen LogP contribution in [0.5, 0.6) is 0 Å². The molecule has 1 heterocycles. The van der Waals surface area contributed by atoms with E-state index in [2.05, 4.69) is 5.32 Å². The Labute approximate surface area is 159 Å². The molecule has 0 unspecified atom stereocenters. The lowest BCUT2D eigenvalue weighted by atomic mass is 10.2. The zero-order valence-corrected chi connectivity index (χ0v) is 16.1. The highest BCUT2D eigenvalue weighted by molar-refractivity contribution is 7.89. The summed E-state index contributed by atoms with van der Waals surface area (Å²) in [6, 6.07) is 11.6. The van der Waals surface area contributed by atoms with E-state index in [-0.39, 0.29) is 15.5 Å². The number of amides is 1. The maximum absolute atomic E-state index is 12.8. The molecule has 1 N–H and O–H groups in total. The molecule has 1 aliphatic rings. The fraction of sp³-hybridized carbons (Fsp3) is 0.316. The average molecular weight is 393 g/mol. The number of carbonyl (C=O) groups is 1. The average Bonchev–Trinajstić information content (AvgIpc) is 2.64. The zero-order chi connectivity index (χ0) is 18.7. The van der Waals surface area contributed by atoms with Crippen molar-refractivity contribution in [2.24, 2.45) is 0 Å². The summed E-state index contributed by atoms with van der Waals surface area (Å²) in [6.07, 6.45) is 2.75. The molecule has 3 rings (SSSR count). The molecule has 0 radical (unpaired) electrons. The van der Waals surface area contributed by atoms with Crippen molar-refractivity contribution < 1.29 is 13.2 Å². The number of anilines is 1. The van der Waals surface area contributed by atoms with E-state index in [4.69, 9.17) is 11.6 Å². The number of nitrogens with zero attached hydrogens (tertiary/aromatic N) is 1. The van der Waals surface area contributed by atoms with Crippen molar-refractivity contribution in [2.45, 2.75) is 31.1 Å². The fourth-order valence-electron chi connectivity index (χ4n) is 2.93. The van der Waals surface area contributed by atoms with Crippen LogP contribution in [0.1, 0.15) is 35.2 Å². The van der Waals surface area contributed by atoms with Gasteiger partial charge in [-0.2, -0.15) is 4.31 Å². The van der Waals surface area contributed by atoms with Gasteiger partial charge in [0.05, 0.1) is 15.5 Å². The third-order valence-corrected chi connectivity index (χ3v) is 6.67. The molecule has 0 bridgehead atoms. The van der Waals surface area contributed by atoms with E-state index >= 15 is 0 Å². The second kappa shape index (κ2) is 7.78. The lowest BCUT2D eigenvalue weighted by Gasteiger charge is -2.26. The number of benzene rings is 2. The third kappa shape index (κ3) is 4.09. The van der Waals surface area contributed by atoms with Gasteiger partial charge in [-0.1, -0.05) is 35.7 Å². The molecular weight excluding hydrogens is 372 g/mol.